The van der Waals surface area contributed by atoms with Crippen molar-refractivity contribution in [1.29, 1.82) is 0 Å². The van der Waals surface area contributed by atoms with Crippen molar-refractivity contribution in [2.45, 2.75) is 6.54 Å². The highest BCUT2D eigenvalue weighted by Gasteiger charge is 2.02. The van der Waals surface area contributed by atoms with Crippen LogP contribution in [0.2, 0.25) is 5.02 Å². The number of aromatic nitrogens is 1. The molecule has 1 heterocycles. The first-order chi connectivity index (χ1) is 8.69. The topological polar surface area (TPSA) is 54.4 Å². The monoisotopic (exact) mass is 264 g/mol. The molecule has 0 atom stereocenters. The number of rotatable bonds is 4. The Morgan fingerprint density at radius 2 is 2.17 bits per heavy atom. The first kappa shape index (κ1) is 12.5. The smallest absolute Gasteiger partial charge is 0.213 e. The highest BCUT2D eigenvalue weighted by molar-refractivity contribution is 6.30. The summed E-state index contributed by atoms with van der Waals surface area (Å²) >= 11 is 5.87. The summed E-state index contributed by atoms with van der Waals surface area (Å²) < 4.78 is 4.97. The van der Waals surface area contributed by atoms with Gasteiger partial charge in [-0.15, -0.1) is 0 Å². The Kier molecular flexibility index (Phi) is 3.89. The summed E-state index contributed by atoms with van der Waals surface area (Å²) in [7, 11) is 1.57. The lowest BCUT2D eigenvalue weighted by atomic mass is 10.2. The molecule has 1 aromatic carbocycles. The predicted octanol–water partition coefficient (Wildman–Crippen LogP) is 3.06. The molecule has 4 nitrogen and oxygen atoms in total. The Bertz CT molecular complexity index is 529. The van der Waals surface area contributed by atoms with Gasteiger partial charge in [-0.25, -0.2) is 4.98 Å². The Hall–Kier alpha value is -1.94. The van der Waals surface area contributed by atoms with Gasteiger partial charge in [0.15, 0.2) is 0 Å². The number of hydrogen-bond acceptors (Lipinski definition) is 4. The molecule has 5 heteroatoms. The zero-order chi connectivity index (χ0) is 13.0. The van der Waals surface area contributed by atoms with Crippen LogP contribution in [0.25, 0.3) is 0 Å². The van der Waals surface area contributed by atoms with Crippen LogP contribution < -0.4 is 10.1 Å². The van der Waals surface area contributed by atoms with Crippen LogP contribution in [0, 0.1) is 0 Å². The number of nitrogens with zero attached hydrogens (tertiary/aromatic N) is 1. The number of nitrogens with one attached hydrogen (secondary N) is 1. The average Bonchev–Trinajstić information content (AvgIpc) is 2.40. The average molecular weight is 265 g/mol. The SMILES string of the molecule is COc1ccc(NCc2cc(Cl)ccc2O)cn1. The summed E-state index contributed by atoms with van der Waals surface area (Å²) in [5.74, 6) is 0.777. The fraction of sp³-hybridized carbons (Fsp3) is 0.154. The minimum atomic E-state index is 0.216. The standard InChI is InChI=1S/C13H13ClN2O2/c1-18-13-5-3-11(8-16-13)15-7-9-6-10(14)2-4-12(9)17/h2-6,8,15,17H,7H2,1H3. The van der Waals surface area contributed by atoms with Gasteiger partial charge in [-0.05, 0) is 24.3 Å². The van der Waals surface area contributed by atoms with Gasteiger partial charge in [0.05, 0.1) is 19.0 Å². The Balaban J connectivity index is 2.04. The van der Waals surface area contributed by atoms with Crippen molar-refractivity contribution in [3.63, 3.8) is 0 Å². The fourth-order valence-corrected chi connectivity index (χ4v) is 1.69. The molecule has 0 saturated carbocycles. The minimum absolute atomic E-state index is 0.216. The Morgan fingerprint density at radius 1 is 1.33 bits per heavy atom. The van der Waals surface area contributed by atoms with Crippen molar-refractivity contribution in [3.05, 3.63) is 47.1 Å². The van der Waals surface area contributed by atoms with Gasteiger partial charge in [0, 0.05) is 23.2 Å². The van der Waals surface area contributed by atoms with Gasteiger partial charge in [0.1, 0.15) is 5.75 Å². The number of hydrogen-bond donors (Lipinski definition) is 2. The van der Waals surface area contributed by atoms with E-state index in [1.807, 2.05) is 6.07 Å². The number of aromatic hydroxyl groups is 1. The lowest BCUT2D eigenvalue weighted by Crippen LogP contribution is -2.00. The molecule has 0 aliphatic heterocycles. The summed E-state index contributed by atoms with van der Waals surface area (Å²) in [5.41, 5.74) is 1.58. The van der Waals surface area contributed by atoms with Crippen LogP contribution in [-0.4, -0.2) is 17.2 Å². The van der Waals surface area contributed by atoms with E-state index in [-0.39, 0.29) is 5.75 Å². The molecule has 0 unspecified atom stereocenters. The van der Waals surface area contributed by atoms with E-state index in [0.29, 0.717) is 17.4 Å². The number of phenolic OH excluding ortho intramolecular Hbond substituents is 1. The van der Waals surface area contributed by atoms with E-state index >= 15 is 0 Å². The summed E-state index contributed by atoms with van der Waals surface area (Å²) in [6.07, 6.45) is 1.67. The molecular weight excluding hydrogens is 252 g/mol. The van der Waals surface area contributed by atoms with Crippen molar-refractivity contribution < 1.29 is 9.84 Å². The molecule has 0 spiro atoms. The fourth-order valence-electron chi connectivity index (χ4n) is 1.50. The minimum Gasteiger partial charge on any atom is -0.508 e. The van der Waals surface area contributed by atoms with Gasteiger partial charge in [-0.2, -0.15) is 0 Å². The number of pyridine rings is 1. The highest BCUT2D eigenvalue weighted by Crippen LogP contribution is 2.22. The summed E-state index contributed by atoms with van der Waals surface area (Å²) in [6, 6.07) is 8.56. The maximum atomic E-state index is 9.66. The number of halogens is 1. The molecule has 2 aromatic rings. The summed E-state index contributed by atoms with van der Waals surface area (Å²) in [6.45, 7) is 0.473. The van der Waals surface area contributed by atoms with Crippen LogP contribution in [0.1, 0.15) is 5.56 Å². The first-order valence-electron chi connectivity index (χ1n) is 5.40. The van der Waals surface area contributed by atoms with Gasteiger partial charge >= 0.3 is 0 Å². The van der Waals surface area contributed by atoms with E-state index in [2.05, 4.69) is 10.3 Å². The normalized spacial score (nSPS) is 10.1. The first-order valence-corrected chi connectivity index (χ1v) is 5.78. The van der Waals surface area contributed by atoms with E-state index < -0.39 is 0 Å². The number of benzene rings is 1. The molecule has 94 valence electrons. The van der Waals surface area contributed by atoms with Crippen molar-refractivity contribution >= 4 is 17.3 Å². The molecule has 0 saturated heterocycles. The Morgan fingerprint density at radius 3 is 2.83 bits per heavy atom. The van der Waals surface area contributed by atoms with Gasteiger partial charge in [0.2, 0.25) is 5.88 Å². The third-order valence-electron chi connectivity index (χ3n) is 2.47. The van der Waals surface area contributed by atoms with Gasteiger partial charge in [-0.1, -0.05) is 11.6 Å². The van der Waals surface area contributed by atoms with Crippen molar-refractivity contribution in [1.82, 2.24) is 4.98 Å². The lowest BCUT2D eigenvalue weighted by molar-refractivity contribution is 0.398. The highest BCUT2D eigenvalue weighted by atomic mass is 35.5. The molecule has 0 radical (unpaired) electrons. The molecule has 1 aromatic heterocycles. The third-order valence-corrected chi connectivity index (χ3v) is 2.71. The van der Waals surface area contributed by atoms with E-state index in [0.717, 1.165) is 11.3 Å². The maximum Gasteiger partial charge on any atom is 0.213 e. The summed E-state index contributed by atoms with van der Waals surface area (Å²) in [5, 5.41) is 13.4. The molecule has 2 N–H and O–H groups in total. The van der Waals surface area contributed by atoms with Gasteiger partial charge in [-0.3, -0.25) is 0 Å². The molecule has 0 fully saturated rings. The second-order valence-electron chi connectivity index (χ2n) is 3.72. The van der Waals surface area contributed by atoms with Crippen LogP contribution in [0.15, 0.2) is 36.5 Å². The molecule has 0 bridgehead atoms. The third kappa shape index (κ3) is 3.05. The number of ether oxygens (including phenoxy) is 1. The number of methoxy groups -OCH3 is 1. The Labute approximate surface area is 110 Å². The lowest BCUT2D eigenvalue weighted by Gasteiger charge is -2.08. The van der Waals surface area contributed by atoms with E-state index in [9.17, 15) is 5.11 Å². The van der Waals surface area contributed by atoms with E-state index in [1.165, 1.54) is 0 Å². The van der Waals surface area contributed by atoms with Crippen LogP contribution in [0.3, 0.4) is 0 Å². The zero-order valence-corrected chi connectivity index (χ0v) is 10.6. The zero-order valence-electron chi connectivity index (χ0n) is 9.85. The second kappa shape index (κ2) is 5.60. The molecule has 2 rings (SSSR count). The van der Waals surface area contributed by atoms with Gasteiger partial charge in [0.25, 0.3) is 0 Å². The second-order valence-corrected chi connectivity index (χ2v) is 4.15. The van der Waals surface area contributed by atoms with Crippen molar-refractivity contribution in [2.24, 2.45) is 0 Å². The molecule has 0 aliphatic rings. The largest absolute Gasteiger partial charge is 0.508 e. The molecule has 18 heavy (non-hydrogen) atoms. The van der Waals surface area contributed by atoms with Crippen LogP contribution in [0.4, 0.5) is 5.69 Å². The van der Waals surface area contributed by atoms with Crippen LogP contribution in [0.5, 0.6) is 11.6 Å². The predicted molar refractivity (Wildman–Crippen MR) is 71.2 cm³/mol. The molecule has 0 amide bonds. The molecule has 0 aliphatic carbocycles. The van der Waals surface area contributed by atoms with Crippen molar-refractivity contribution in [2.75, 3.05) is 12.4 Å². The quantitative estimate of drug-likeness (QED) is 0.891. The molecular formula is C13H13ClN2O2. The number of phenols is 1. The number of anilines is 1. The summed E-state index contributed by atoms with van der Waals surface area (Å²) in [4.78, 5) is 4.08. The van der Waals surface area contributed by atoms with E-state index in [4.69, 9.17) is 16.3 Å². The maximum absolute atomic E-state index is 9.66. The van der Waals surface area contributed by atoms with E-state index in [1.54, 1.807) is 37.6 Å². The van der Waals surface area contributed by atoms with Crippen molar-refractivity contribution in [3.8, 4) is 11.6 Å². The van der Waals surface area contributed by atoms with Crippen LogP contribution >= 0.6 is 11.6 Å². The van der Waals surface area contributed by atoms with Crippen LogP contribution in [-0.2, 0) is 6.54 Å². The van der Waals surface area contributed by atoms with Gasteiger partial charge < -0.3 is 15.2 Å².